The fraction of sp³-hybridized carbons (Fsp3) is 0.412. The van der Waals surface area contributed by atoms with Crippen LogP contribution in [-0.2, 0) is 0 Å². The van der Waals surface area contributed by atoms with Crippen LogP contribution >= 0.6 is 0 Å². The molecule has 0 bridgehead atoms. The van der Waals surface area contributed by atoms with Gasteiger partial charge in [-0.3, -0.25) is 0 Å². The Balaban J connectivity index is 0. The predicted molar refractivity (Wildman–Crippen MR) is 82.2 cm³/mol. The van der Waals surface area contributed by atoms with Crippen LogP contribution in [0.15, 0.2) is 60.3 Å². The molecular weight excluding hydrogens is 204 g/mol. The average molecular weight is 232 g/mol. The third kappa shape index (κ3) is 9.62. The molecule has 0 aromatic carbocycles. The van der Waals surface area contributed by atoms with Crippen LogP contribution in [0.25, 0.3) is 0 Å². The van der Waals surface area contributed by atoms with E-state index >= 15 is 0 Å². The van der Waals surface area contributed by atoms with Crippen LogP contribution in [0.3, 0.4) is 0 Å². The molecule has 0 heterocycles. The first-order valence-corrected chi connectivity index (χ1v) is 6.62. The van der Waals surface area contributed by atoms with Gasteiger partial charge in [0.2, 0.25) is 0 Å². The van der Waals surface area contributed by atoms with Gasteiger partial charge in [-0.15, -0.1) is 0 Å². The first-order valence-electron chi connectivity index (χ1n) is 6.62. The Morgan fingerprint density at radius 3 is 2.06 bits per heavy atom. The Labute approximate surface area is 108 Å². The van der Waals surface area contributed by atoms with Gasteiger partial charge >= 0.3 is 0 Å². The minimum atomic E-state index is 1.05. The molecule has 0 spiro atoms. The van der Waals surface area contributed by atoms with Crippen LogP contribution in [0.5, 0.6) is 0 Å². The minimum absolute atomic E-state index is 1.05. The van der Waals surface area contributed by atoms with Crippen molar-refractivity contribution in [2.45, 2.75) is 47.5 Å². The maximum Gasteiger partial charge on any atom is -0.0191 e. The fourth-order valence-electron chi connectivity index (χ4n) is 1.30. The van der Waals surface area contributed by atoms with Crippen molar-refractivity contribution < 1.29 is 0 Å². The summed E-state index contributed by atoms with van der Waals surface area (Å²) in [6.07, 6.45) is 16.8. The van der Waals surface area contributed by atoms with Crippen molar-refractivity contribution in [2.24, 2.45) is 0 Å². The molecule has 0 unspecified atom stereocenters. The molecular formula is C17H28. The van der Waals surface area contributed by atoms with Gasteiger partial charge < -0.3 is 0 Å². The average Bonchev–Trinajstić information content (AvgIpc) is 2.37. The van der Waals surface area contributed by atoms with Gasteiger partial charge in [-0.1, -0.05) is 76.8 Å². The highest BCUT2D eigenvalue weighted by molar-refractivity contribution is 5.47. The summed E-state index contributed by atoms with van der Waals surface area (Å²) in [5.74, 6) is 0. The van der Waals surface area contributed by atoms with E-state index in [1.54, 1.807) is 0 Å². The maximum atomic E-state index is 3.74. The molecule has 0 atom stereocenters. The second-order valence-electron chi connectivity index (χ2n) is 3.24. The van der Waals surface area contributed by atoms with Gasteiger partial charge in [0.25, 0.3) is 0 Å². The van der Waals surface area contributed by atoms with Crippen LogP contribution in [-0.4, -0.2) is 0 Å². The zero-order valence-electron chi connectivity index (χ0n) is 12.2. The summed E-state index contributed by atoms with van der Waals surface area (Å²) in [5.41, 5.74) is 2.50. The normalized spacial score (nSPS) is 12.8. The SMILES string of the molecule is C=C/C=C(/C=C\C)C(\C=C/CC)=C/CC.CC. The summed E-state index contributed by atoms with van der Waals surface area (Å²) in [5, 5.41) is 0. The Morgan fingerprint density at radius 2 is 1.65 bits per heavy atom. The highest BCUT2D eigenvalue weighted by Crippen LogP contribution is 2.15. The van der Waals surface area contributed by atoms with Crippen LogP contribution in [0.4, 0.5) is 0 Å². The molecule has 0 N–H and O–H groups in total. The number of allylic oxidation sites excluding steroid dienone is 9. The third-order valence-corrected chi connectivity index (χ3v) is 1.93. The largest absolute Gasteiger partial charge is 0.0990 e. The monoisotopic (exact) mass is 232 g/mol. The van der Waals surface area contributed by atoms with Crippen molar-refractivity contribution in [3.8, 4) is 0 Å². The van der Waals surface area contributed by atoms with Crippen molar-refractivity contribution in [3.63, 3.8) is 0 Å². The molecule has 0 saturated heterocycles. The molecule has 0 aromatic rings. The van der Waals surface area contributed by atoms with Crippen molar-refractivity contribution in [1.29, 1.82) is 0 Å². The smallest absolute Gasteiger partial charge is 0.0191 e. The van der Waals surface area contributed by atoms with Gasteiger partial charge in [0.15, 0.2) is 0 Å². The van der Waals surface area contributed by atoms with Crippen LogP contribution in [0, 0.1) is 0 Å². The molecule has 0 rings (SSSR count). The highest BCUT2D eigenvalue weighted by atomic mass is 14.0. The molecule has 0 nitrogen and oxygen atoms in total. The summed E-state index contributed by atoms with van der Waals surface area (Å²) in [6.45, 7) is 14.1. The van der Waals surface area contributed by atoms with Crippen molar-refractivity contribution >= 4 is 0 Å². The van der Waals surface area contributed by atoms with Gasteiger partial charge in [0.05, 0.1) is 0 Å². The summed E-state index contributed by atoms with van der Waals surface area (Å²) in [7, 11) is 0. The topological polar surface area (TPSA) is 0 Å². The lowest BCUT2D eigenvalue weighted by Gasteiger charge is -2.02. The Hall–Kier alpha value is -1.30. The highest BCUT2D eigenvalue weighted by Gasteiger charge is 1.95. The van der Waals surface area contributed by atoms with Crippen LogP contribution < -0.4 is 0 Å². The molecule has 0 saturated carbocycles. The lowest BCUT2D eigenvalue weighted by molar-refractivity contribution is 1.19. The second kappa shape index (κ2) is 14.7. The summed E-state index contributed by atoms with van der Waals surface area (Å²) in [4.78, 5) is 0. The van der Waals surface area contributed by atoms with Gasteiger partial charge in [0, 0.05) is 0 Å². The first-order chi connectivity index (χ1) is 8.29. The fourth-order valence-corrected chi connectivity index (χ4v) is 1.30. The van der Waals surface area contributed by atoms with Gasteiger partial charge in [-0.05, 0) is 30.9 Å². The molecule has 0 heteroatoms. The molecule has 0 aliphatic carbocycles. The van der Waals surface area contributed by atoms with E-state index in [0.717, 1.165) is 12.8 Å². The second-order valence-corrected chi connectivity index (χ2v) is 3.24. The quantitative estimate of drug-likeness (QED) is 0.492. The predicted octanol–water partition coefficient (Wildman–Crippen LogP) is 6.00. The van der Waals surface area contributed by atoms with E-state index in [-0.39, 0.29) is 0 Å². The van der Waals surface area contributed by atoms with Gasteiger partial charge in [-0.25, -0.2) is 0 Å². The number of rotatable bonds is 6. The molecule has 0 aliphatic rings. The molecule has 0 amide bonds. The molecule has 0 fully saturated rings. The molecule has 0 radical (unpaired) electrons. The summed E-state index contributed by atoms with van der Waals surface area (Å²) in [6, 6.07) is 0. The van der Waals surface area contributed by atoms with E-state index in [4.69, 9.17) is 0 Å². The lowest BCUT2D eigenvalue weighted by atomic mass is 10.0. The summed E-state index contributed by atoms with van der Waals surface area (Å²) >= 11 is 0. The maximum absolute atomic E-state index is 3.74. The minimum Gasteiger partial charge on any atom is -0.0990 e. The van der Waals surface area contributed by atoms with Gasteiger partial charge in [-0.2, -0.15) is 0 Å². The Bertz CT molecular complexity index is 285. The molecule has 17 heavy (non-hydrogen) atoms. The lowest BCUT2D eigenvalue weighted by Crippen LogP contribution is -1.83. The van der Waals surface area contributed by atoms with E-state index < -0.39 is 0 Å². The first kappa shape index (κ1) is 18.1. The van der Waals surface area contributed by atoms with E-state index in [1.807, 2.05) is 32.9 Å². The zero-order chi connectivity index (χ0) is 13.5. The van der Waals surface area contributed by atoms with Crippen molar-refractivity contribution in [2.75, 3.05) is 0 Å². The van der Waals surface area contributed by atoms with Gasteiger partial charge in [0.1, 0.15) is 0 Å². The van der Waals surface area contributed by atoms with E-state index in [1.165, 1.54) is 11.1 Å². The molecule has 0 aromatic heterocycles. The molecule has 96 valence electrons. The number of hydrogen-bond donors (Lipinski definition) is 0. The number of hydrogen-bond acceptors (Lipinski definition) is 0. The third-order valence-electron chi connectivity index (χ3n) is 1.93. The molecule has 0 aliphatic heterocycles. The van der Waals surface area contributed by atoms with Crippen molar-refractivity contribution in [3.05, 3.63) is 60.3 Å². The van der Waals surface area contributed by atoms with Crippen molar-refractivity contribution in [1.82, 2.24) is 0 Å². The van der Waals surface area contributed by atoms with Crippen LogP contribution in [0.2, 0.25) is 0 Å². The standard InChI is InChI=1S/C15H22.C2H6/c1-5-9-13-15(12-8-4)14(10-6-2)11-7-3;1-2/h6-7,9-13H,2,5,8H2,1,3-4H3;1-2H3/b11-7-,13-9-,14-10-,15-12-;. The van der Waals surface area contributed by atoms with E-state index in [9.17, 15) is 0 Å². The van der Waals surface area contributed by atoms with E-state index in [0.29, 0.717) is 0 Å². The van der Waals surface area contributed by atoms with E-state index in [2.05, 4.69) is 50.8 Å². The Morgan fingerprint density at radius 1 is 1.00 bits per heavy atom. The summed E-state index contributed by atoms with van der Waals surface area (Å²) < 4.78 is 0. The zero-order valence-corrected chi connectivity index (χ0v) is 12.2. The Kier molecular flexibility index (Phi) is 15.6. The van der Waals surface area contributed by atoms with Crippen LogP contribution in [0.1, 0.15) is 47.5 Å².